The molecule has 0 spiro atoms. The maximum Gasteiger partial charge on any atom is 0.216 e. The summed E-state index contributed by atoms with van der Waals surface area (Å²) in [6.07, 6.45) is 2.45. The smallest absolute Gasteiger partial charge is 0.216 e. The topological polar surface area (TPSA) is 55.2 Å². The van der Waals surface area contributed by atoms with Crippen LogP contribution in [0, 0.1) is 0 Å². The van der Waals surface area contributed by atoms with E-state index in [4.69, 9.17) is 4.74 Å². The molecule has 0 saturated carbocycles. The van der Waals surface area contributed by atoms with Crippen molar-refractivity contribution in [1.82, 2.24) is 9.97 Å². The second-order valence-corrected chi connectivity index (χ2v) is 2.78. The van der Waals surface area contributed by atoms with E-state index in [0.29, 0.717) is 24.5 Å². The Labute approximate surface area is 77.6 Å². The third kappa shape index (κ3) is 2.99. The van der Waals surface area contributed by atoms with E-state index in [1.54, 1.807) is 19.4 Å². The lowest BCUT2D eigenvalue weighted by Crippen LogP contribution is -2.11. The van der Waals surface area contributed by atoms with Crippen LogP contribution >= 0.6 is 0 Å². The van der Waals surface area contributed by atoms with E-state index in [-0.39, 0.29) is 6.10 Å². The lowest BCUT2D eigenvalue weighted by Gasteiger charge is -2.06. The minimum Gasteiger partial charge on any atom is -0.481 e. The lowest BCUT2D eigenvalue weighted by molar-refractivity contribution is 0.168. The summed E-state index contributed by atoms with van der Waals surface area (Å²) in [4.78, 5) is 8.11. The molecule has 1 unspecified atom stereocenters. The van der Waals surface area contributed by atoms with Crippen LogP contribution in [0.4, 0.5) is 0 Å². The number of aliphatic hydroxyl groups excluding tert-OH is 1. The van der Waals surface area contributed by atoms with Crippen molar-refractivity contribution in [3.63, 3.8) is 0 Å². The molecule has 0 amide bonds. The van der Waals surface area contributed by atoms with Gasteiger partial charge >= 0.3 is 0 Å². The van der Waals surface area contributed by atoms with Gasteiger partial charge in [-0.15, -0.1) is 0 Å². The Hall–Kier alpha value is -1.16. The molecular formula is C9H14N2O2. The predicted octanol–water partition coefficient (Wildman–Crippen LogP) is 0.799. The van der Waals surface area contributed by atoms with Gasteiger partial charge in [0.25, 0.3) is 0 Å². The summed E-state index contributed by atoms with van der Waals surface area (Å²) >= 11 is 0. The van der Waals surface area contributed by atoms with Crippen LogP contribution in [0.3, 0.4) is 0 Å². The van der Waals surface area contributed by atoms with Crippen LogP contribution in [0.2, 0.25) is 0 Å². The van der Waals surface area contributed by atoms with E-state index in [1.165, 1.54) is 0 Å². The maximum absolute atomic E-state index is 9.35. The Morgan fingerprint density at radius 2 is 2.38 bits per heavy atom. The van der Waals surface area contributed by atoms with Gasteiger partial charge in [-0.25, -0.2) is 4.98 Å². The molecule has 13 heavy (non-hydrogen) atoms. The fourth-order valence-electron chi connectivity index (χ4n) is 0.948. The number of hydrogen-bond acceptors (Lipinski definition) is 4. The summed E-state index contributed by atoms with van der Waals surface area (Å²) in [6.45, 7) is 1.92. The molecule has 1 aromatic rings. The average Bonchev–Trinajstić information content (AvgIpc) is 2.18. The van der Waals surface area contributed by atoms with Crippen LogP contribution in [0.25, 0.3) is 0 Å². The first-order chi connectivity index (χ1) is 6.26. The first-order valence-electron chi connectivity index (χ1n) is 4.30. The van der Waals surface area contributed by atoms with Gasteiger partial charge in [-0.3, -0.25) is 0 Å². The Balaban J connectivity index is 2.66. The predicted molar refractivity (Wildman–Crippen MR) is 48.6 cm³/mol. The molecule has 4 heteroatoms. The molecule has 1 atom stereocenters. The van der Waals surface area contributed by atoms with Gasteiger partial charge in [-0.05, 0) is 6.42 Å². The number of rotatable bonds is 4. The highest BCUT2D eigenvalue weighted by Gasteiger charge is 2.05. The molecule has 0 aromatic carbocycles. The standard InChI is InChI=1S/C9H14N2O2/c1-3-7(12)6-8-10-5-4-9(11-8)13-2/h4-5,7,12H,3,6H2,1-2H3. The summed E-state index contributed by atoms with van der Waals surface area (Å²) in [5, 5.41) is 9.35. The maximum atomic E-state index is 9.35. The van der Waals surface area contributed by atoms with Gasteiger partial charge in [0.05, 0.1) is 13.2 Å². The van der Waals surface area contributed by atoms with E-state index >= 15 is 0 Å². The number of methoxy groups -OCH3 is 1. The molecule has 1 heterocycles. The molecule has 0 aliphatic heterocycles. The number of aromatic nitrogens is 2. The van der Waals surface area contributed by atoms with E-state index in [2.05, 4.69) is 9.97 Å². The van der Waals surface area contributed by atoms with Gasteiger partial charge in [-0.1, -0.05) is 6.92 Å². The van der Waals surface area contributed by atoms with Gasteiger partial charge in [0.2, 0.25) is 5.88 Å². The molecular weight excluding hydrogens is 168 g/mol. The lowest BCUT2D eigenvalue weighted by atomic mass is 10.2. The van der Waals surface area contributed by atoms with E-state index in [0.717, 1.165) is 0 Å². The van der Waals surface area contributed by atoms with Crippen molar-refractivity contribution >= 4 is 0 Å². The Morgan fingerprint density at radius 3 is 3.00 bits per heavy atom. The number of ether oxygens (including phenoxy) is 1. The first kappa shape index (κ1) is 9.92. The minimum absolute atomic E-state index is 0.368. The number of aliphatic hydroxyl groups is 1. The molecule has 1 aromatic heterocycles. The minimum atomic E-state index is -0.368. The fraction of sp³-hybridized carbons (Fsp3) is 0.556. The Kier molecular flexibility index (Phi) is 3.64. The van der Waals surface area contributed by atoms with Crippen molar-refractivity contribution in [2.45, 2.75) is 25.9 Å². The van der Waals surface area contributed by atoms with Crippen LogP contribution in [0.5, 0.6) is 5.88 Å². The van der Waals surface area contributed by atoms with Gasteiger partial charge in [0, 0.05) is 18.7 Å². The summed E-state index contributed by atoms with van der Waals surface area (Å²) < 4.78 is 4.94. The third-order valence-electron chi connectivity index (χ3n) is 1.78. The highest BCUT2D eigenvalue weighted by Crippen LogP contribution is 2.06. The summed E-state index contributed by atoms with van der Waals surface area (Å²) in [6, 6.07) is 1.68. The first-order valence-corrected chi connectivity index (χ1v) is 4.30. The van der Waals surface area contributed by atoms with Crippen LogP contribution in [-0.4, -0.2) is 28.3 Å². The monoisotopic (exact) mass is 182 g/mol. The summed E-state index contributed by atoms with van der Waals surface area (Å²) in [5.74, 6) is 1.15. The molecule has 1 N–H and O–H groups in total. The average molecular weight is 182 g/mol. The van der Waals surface area contributed by atoms with Crippen molar-refractivity contribution in [3.8, 4) is 5.88 Å². The van der Waals surface area contributed by atoms with E-state index in [9.17, 15) is 5.11 Å². The fourth-order valence-corrected chi connectivity index (χ4v) is 0.948. The van der Waals surface area contributed by atoms with Crippen LogP contribution in [-0.2, 0) is 6.42 Å². The Bertz CT molecular complexity index is 266. The normalized spacial score (nSPS) is 12.5. The Morgan fingerprint density at radius 1 is 1.62 bits per heavy atom. The van der Waals surface area contributed by atoms with Crippen LogP contribution in [0.1, 0.15) is 19.2 Å². The zero-order chi connectivity index (χ0) is 9.68. The van der Waals surface area contributed by atoms with E-state index in [1.807, 2.05) is 6.92 Å². The van der Waals surface area contributed by atoms with Gasteiger partial charge < -0.3 is 9.84 Å². The summed E-state index contributed by atoms with van der Waals surface area (Å²) in [7, 11) is 1.56. The molecule has 0 saturated heterocycles. The van der Waals surface area contributed by atoms with Crippen molar-refractivity contribution in [2.75, 3.05) is 7.11 Å². The van der Waals surface area contributed by atoms with Crippen molar-refractivity contribution in [3.05, 3.63) is 18.1 Å². The van der Waals surface area contributed by atoms with Gasteiger partial charge in [-0.2, -0.15) is 4.98 Å². The third-order valence-corrected chi connectivity index (χ3v) is 1.78. The largest absolute Gasteiger partial charge is 0.481 e. The van der Waals surface area contributed by atoms with E-state index < -0.39 is 0 Å². The molecule has 0 radical (unpaired) electrons. The second kappa shape index (κ2) is 4.77. The molecule has 0 bridgehead atoms. The zero-order valence-electron chi connectivity index (χ0n) is 7.90. The highest BCUT2D eigenvalue weighted by molar-refractivity contribution is 5.08. The molecule has 1 rings (SSSR count). The molecule has 72 valence electrons. The van der Waals surface area contributed by atoms with Crippen molar-refractivity contribution in [2.24, 2.45) is 0 Å². The van der Waals surface area contributed by atoms with Crippen LogP contribution in [0.15, 0.2) is 12.3 Å². The summed E-state index contributed by atoms with van der Waals surface area (Å²) in [5.41, 5.74) is 0. The van der Waals surface area contributed by atoms with Gasteiger partial charge in [0.1, 0.15) is 5.82 Å². The molecule has 0 fully saturated rings. The van der Waals surface area contributed by atoms with Crippen molar-refractivity contribution in [1.29, 1.82) is 0 Å². The molecule has 0 aliphatic rings. The number of nitrogens with zero attached hydrogens (tertiary/aromatic N) is 2. The zero-order valence-corrected chi connectivity index (χ0v) is 7.90. The number of hydrogen-bond donors (Lipinski definition) is 1. The SMILES string of the molecule is CCC(O)Cc1nccc(OC)n1. The molecule has 0 aliphatic carbocycles. The van der Waals surface area contributed by atoms with Gasteiger partial charge in [0.15, 0.2) is 0 Å². The second-order valence-electron chi connectivity index (χ2n) is 2.78. The van der Waals surface area contributed by atoms with Crippen molar-refractivity contribution < 1.29 is 9.84 Å². The van der Waals surface area contributed by atoms with Crippen LogP contribution < -0.4 is 4.74 Å². The molecule has 4 nitrogen and oxygen atoms in total. The highest BCUT2D eigenvalue weighted by atomic mass is 16.5. The quantitative estimate of drug-likeness (QED) is 0.748.